The number of anilines is 1. The minimum atomic E-state index is 0.342. The van der Waals surface area contributed by atoms with Gasteiger partial charge < -0.3 is 15.0 Å². The Balaban J connectivity index is 1.81. The Kier molecular flexibility index (Phi) is 2.99. The Hall–Kier alpha value is -1.13. The quantitative estimate of drug-likeness (QED) is 0.820. The van der Waals surface area contributed by atoms with E-state index in [2.05, 4.69) is 34.3 Å². The summed E-state index contributed by atoms with van der Waals surface area (Å²) in [5.41, 5.74) is 2.38. The lowest BCUT2D eigenvalue weighted by Crippen LogP contribution is -2.51. The predicted molar refractivity (Wildman–Crippen MR) is 67.4 cm³/mol. The van der Waals surface area contributed by atoms with Crippen LogP contribution in [-0.2, 0) is 11.2 Å². The van der Waals surface area contributed by atoms with Crippen LogP contribution in [0.1, 0.15) is 12.6 Å². The van der Waals surface area contributed by atoms with Crippen LogP contribution in [0.15, 0.2) is 18.3 Å². The van der Waals surface area contributed by atoms with Crippen LogP contribution in [0.3, 0.4) is 0 Å². The third kappa shape index (κ3) is 2.03. The second kappa shape index (κ2) is 4.63. The topological polar surface area (TPSA) is 37.4 Å². The van der Waals surface area contributed by atoms with Crippen LogP contribution in [0.4, 0.5) is 5.69 Å². The molecule has 17 heavy (non-hydrogen) atoms. The number of hydrogen-bond donors (Lipinski definition) is 1. The minimum absolute atomic E-state index is 0.342. The first-order valence-corrected chi connectivity index (χ1v) is 6.42. The molecule has 2 fully saturated rings. The number of morpholine rings is 1. The maximum atomic E-state index is 5.77. The zero-order valence-corrected chi connectivity index (χ0v) is 10.2. The van der Waals surface area contributed by atoms with Crippen LogP contribution in [0.25, 0.3) is 0 Å². The molecule has 2 atom stereocenters. The maximum absolute atomic E-state index is 5.77. The summed E-state index contributed by atoms with van der Waals surface area (Å²) in [6.45, 7) is 5.91. The fraction of sp³-hybridized carbons (Fsp3) is 0.615. The summed E-state index contributed by atoms with van der Waals surface area (Å²) in [6.07, 6.45) is 3.34. The van der Waals surface area contributed by atoms with Crippen molar-refractivity contribution >= 4 is 5.69 Å². The highest BCUT2D eigenvalue weighted by Crippen LogP contribution is 2.24. The van der Waals surface area contributed by atoms with Gasteiger partial charge in [0.1, 0.15) is 0 Å². The van der Waals surface area contributed by atoms with Gasteiger partial charge in [0.25, 0.3) is 0 Å². The molecule has 3 heterocycles. The van der Waals surface area contributed by atoms with Gasteiger partial charge in [-0.15, -0.1) is 0 Å². The minimum Gasteiger partial charge on any atom is -0.373 e. The van der Waals surface area contributed by atoms with Crippen molar-refractivity contribution in [3.8, 4) is 0 Å². The molecule has 0 aromatic carbocycles. The van der Waals surface area contributed by atoms with Crippen molar-refractivity contribution in [3.05, 3.63) is 24.0 Å². The monoisotopic (exact) mass is 233 g/mol. The van der Waals surface area contributed by atoms with Crippen molar-refractivity contribution in [2.24, 2.45) is 0 Å². The van der Waals surface area contributed by atoms with Crippen molar-refractivity contribution in [2.45, 2.75) is 25.5 Å². The summed E-state index contributed by atoms with van der Waals surface area (Å²) in [4.78, 5) is 6.91. The van der Waals surface area contributed by atoms with Crippen molar-refractivity contribution in [1.82, 2.24) is 10.3 Å². The average molecular weight is 233 g/mol. The van der Waals surface area contributed by atoms with Crippen LogP contribution in [-0.4, -0.2) is 43.4 Å². The molecule has 4 heteroatoms. The lowest BCUT2D eigenvalue weighted by Gasteiger charge is -2.38. The van der Waals surface area contributed by atoms with Crippen LogP contribution in [0.2, 0.25) is 0 Å². The second-order valence-corrected chi connectivity index (χ2v) is 4.69. The summed E-state index contributed by atoms with van der Waals surface area (Å²) >= 11 is 0. The second-order valence-electron chi connectivity index (χ2n) is 4.69. The van der Waals surface area contributed by atoms with E-state index in [-0.39, 0.29) is 0 Å². The standard InChI is InChI=1S/C13H19N3O/c1-2-10-3-4-11(7-15-10)16-5-6-17-13-9-14-8-12(13)16/h3-4,7,12-14H,2,5-6,8-9H2,1H3/t12-,13-/m0/s1. The molecule has 0 bridgehead atoms. The molecule has 0 unspecified atom stereocenters. The van der Waals surface area contributed by atoms with Gasteiger partial charge in [0, 0.05) is 25.3 Å². The SMILES string of the molecule is CCc1ccc(N2CCO[C@H]3CNC[C@@H]32)cn1. The molecule has 3 rings (SSSR count). The van der Waals surface area contributed by atoms with Gasteiger partial charge in [0.15, 0.2) is 0 Å². The molecule has 0 aliphatic carbocycles. The number of ether oxygens (including phenoxy) is 1. The van der Waals surface area contributed by atoms with E-state index >= 15 is 0 Å². The van der Waals surface area contributed by atoms with Crippen molar-refractivity contribution < 1.29 is 4.74 Å². The van der Waals surface area contributed by atoms with E-state index in [1.165, 1.54) is 5.69 Å². The Morgan fingerprint density at radius 3 is 3.18 bits per heavy atom. The van der Waals surface area contributed by atoms with Crippen LogP contribution in [0, 0.1) is 0 Å². The van der Waals surface area contributed by atoms with Gasteiger partial charge >= 0.3 is 0 Å². The zero-order valence-electron chi connectivity index (χ0n) is 10.2. The van der Waals surface area contributed by atoms with Gasteiger partial charge in [-0.05, 0) is 18.6 Å². The Bertz CT molecular complexity index is 379. The van der Waals surface area contributed by atoms with Crippen molar-refractivity contribution in [3.63, 3.8) is 0 Å². The Morgan fingerprint density at radius 1 is 1.47 bits per heavy atom. The maximum Gasteiger partial charge on any atom is 0.0915 e. The van der Waals surface area contributed by atoms with Crippen LogP contribution >= 0.6 is 0 Å². The first kappa shape index (κ1) is 11.0. The van der Waals surface area contributed by atoms with E-state index in [1.54, 1.807) is 0 Å². The normalized spacial score (nSPS) is 28.2. The average Bonchev–Trinajstić information content (AvgIpc) is 2.87. The molecule has 1 aromatic heterocycles. The number of hydrogen-bond acceptors (Lipinski definition) is 4. The first-order chi connectivity index (χ1) is 8.38. The number of pyridine rings is 1. The number of aryl methyl sites for hydroxylation is 1. The molecule has 0 spiro atoms. The van der Waals surface area contributed by atoms with Gasteiger partial charge in [-0.25, -0.2) is 0 Å². The number of rotatable bonds is 2. The molecule has 1 N–H and O–H groups in total. The fourth-order valence-electron chi connectivity index (χ4n) is 2.71. The molecule has 0 amide bonds. The number of nitrogens with one attached hydrogen (secondary N) is 1. The summed E-state index contributed by atoms with van der Waals surface area (Å²) < 4.78 is 5.77. The summed E-state index contributed by atoms with van der Waals surface area (Å²) in [5.74, 6) is 0. The van der Waals surface area contributed by atoms with Gasteiger partial charge in [-0.3, -0.25) is 4.98 Å². The van der Waals surface area contributed by atoms with E-state index in [0.717, 1.165) is 38.4 Å². The van der Waals surface area contributed by atoms with Crippen LogP contribution in [0.5, 0.6) is 0 Å². The summed E-state index contributed by atoms with van der Waals surface area (Å²) in [7, 11) is 0. The highest BCUT2D eigenvalue weighted by atomic mass is 16.5. The van der Waals surface area contributed by atoms with Crippen molar-refractivity contribution in [2.75, 3.05) is 31.1 Å². The van der Waals surface area contributed by atoms with E-state index in [1.807, 2.05) is 6.20 Å². The smallest absolute Gasteiger partial charge is 0.0915 e. The zero-order chi connectivity index (χ0) is 11.7. The third-order valence-electron chi connectivity index (χ3n) is 3.70. The van der Waals surface area contributed by atoms with E-state index in [9.17, 15) is 0 Å². The van der Waals surface area contributed by atoms with Gasteiger partial charge in [-0.1, -0.05) is 6.92 Å². The molecule has 2 aliphatic heterocycles. The largest absolute Gasteiger partial charge is 0.373 e. The molecule has 2 saturated heterocycles. The van der Waals surface area contributed by atoms with Gasteiger partial charge in [-0.2, -0.15) is 0 Å². The number of nitrogens with zero attached hydrogens (tertiary/aromatic N) is 2. The lowest BCUT2D eigenvalue weighted by molar-refractivity contribution is 0.0349. The van der Waals surface area contributed by atoms with Crippen LogP contribution < -0.4 is 10.2 Å². The highest BCUT2D eigenvalue weighted by Gasteiger charge is 2.36. The Labute approximate surface area is 102 Å². The molecule has 4 nitrogen and oxygen atoms in total. The molecular weight excluding hydrogens is 214 g/mol. The van der Waals surface area contributed by atoms with Gasteiger partial charge in [0.2, 0.25) is 0 Å². The fourth-order valence-corrected chi connectivity index (χ4v) is 2.71. The molecule has 1 aromatic rings. The molecule has 0 saturated carbocycles. The molecule has 2 aliphatic rings. The highest BCUT2D eigenvalue weighted by molar-refractivity contribution is 5.47. The van der Waals surface area contributed by atoms with E-state index in [4.69, 9.17) is 4.74 Å². The summed E-state index contributed by atoms with van der Waals surface area (Å²) in [5, 5.41) is 3.40. The Morgan fingerprint density at radius 2 is 2.41 bits per heavy atom. The number of fused-ring (bicyclic) bond motifs is 1. The van der Waals surface area contributed by atoms with Crippen molar-refractivity contribution in [1.29, 1.82) is 0 Å². The van der Waals surface area contributed by atoms with E-state index in [0.29, 0.717) is 12.1 Å². The first-order valence-electron chi connectivity index (χ1n) is 6.42. The molecule has 92 valence electrons. The third-order valence-corrected chi connectivity index (χ3v) is 3.70. The molecular formula is C13H19N3O. The number of aromatic nitrogens is 1. The lowest BCUT2D eigenvalue weighted by atomic mass is 10.1. The summed E-state index contributed by atoms with van der Waals surface area (Å²) in [6, 6.07) is 4.78. The predicted octanol–water partition coefficient (Wildman–Crippen LogP) is 0.821. The van der Waals surface area contributed by atoms with Gasteiger partial charge in [0.05, 0.1) is 30.6 Å². The van der Waals surface area contributed by atoms with E-state index < -0.39 is 0 Å². The molecule has 0 radical (unpaired) electrons.